The Balaban J connectivity index is 3.03. The predicted molar refractivity (Wildman–Crippen MR) is 57.2 cm³/mol. The van der Waals surface area contributed by atoms with Crippen LogP contribution < -0.4 is 0 Å². The Morgan fingerprint density at radius 2 is 1.79 bits per heavy atom. The van der Waals surface area contributed by atoms with Gasteiger partial charge in [0, 0.05) is 11.1 Å². The summed E-state index contributed by atoms with van der Waals surface area (Å²) in [7, 11) is 0. The molecule has 0 aliphatic rings. The first-order chi connectivity index (χ1) is 6.65. The van der Waals surface area contributed by atoms with E-state index >= 15 is 0 Å². The summed E-state index contributed by atoms with van der Waals surface area (Å²) in [5, 5.41) is 10.1. The van der Waals surface area contributed by atoms with Gasteiger partial charge < -0.3 is 4.98 Å². The van der Waals surface area contributed by atoms with E-state index in [1.165, 1.54) is 5.56 Å². The first-order valence-electron chi connectivity index (χ1n) is 4.63. The third-order valence-electron chi connectivity index (χ3n) is 2.67. The van der Waals surface area contributed by atoms with Gasteiger partial charge >= 0.3 is 0 Å². The van der Waals surface area contributed by atoms with E-state index in [0.29, 0.717) is 0 Å². The summed E-state index contributed by atoms with van der Waals surface area (Å²) in [6, 6.07) is 6.39. The van der Waals surface area contributed by atoms with Crippen molar-refractivity contribution in [3.8, 4) is 6.07 Å². The van der Waals surface area contributed by atoms with Crippen molar-refractivity contribution in [1.82, 2.24) is 4.98 Å². The first kappa shape index (κ1) is 8.83. The Hall–Kier alpha value is -1.75. The van der Waals surface area contributed by atoms with Crippen LogP contribution in [0.15, 0.2) is 12.1 Å². The van der Waals surface area contributed by atoms with Gasteiger partial charge in [0.1, 0.15) is 6.07 Å². The summed E-state index contributed by atoms with van der Waals surface area (Å²) in [6.07, 6.45) is 0. The number of H-pyrrole nitrogens is 1. The molecule has 1 N–H and O–H groups in total. The Bertz CT molecular complexity index is 541. The van der Waals surface area contributed by atoms with Gasteiger partial charge in [-0.05, 0) is 31.9 Å². The molecule has 0 saturated heterocycles. The summed E-state index contributed by atoms with van der Waals surface area (Å²) in [5.74, 6) is 0. The molecule has 0 unspecified atom stereocenters. The Morgan fingerprint density at radius 1 is 1.14 bits per heavy atom. The highest BCUT2D eigenvalue weighted by Gasteiger charge is 2.11. The smallest absolute Gasteiger partial charge is 0.102 e. The monoisotopic (exact) mass is 184 g/mol. The highest BCUT2D eigenvalue weighted by atomic mass is 14.7. The summed E-state index contributed by atoms with van der Waals surface area (Å²) in [4.78, 5) is 3.26. The molecule has 2 heteroatoms. The van der Waals surface area contributed by atoms with E-state index in [2.05, 4.69) is 30.1 Å². The molecular formula is C12H12N2. The minimum Gasteiger partial charge on any atom is -0.357 e. The van der Waals surface area contributed by atoms with E-state index in [4.69, 9.17) is 5.26 Å². The van der Waals surface area contributed by atoms with Crippen LogP contribution in [-0.2, 0) is 0 Å². The molecule has 2 aromatic rings. The fourth-order valence-electron chi connectivity index (χ4n) is 1.87. The van der Waals surface area contributed by atoms with Gasteiger partial charge in [-0.25, -0.2) is 0 Å². The van der Waals surface area contributed by atoms with Gasteiger partial charge in [-0.2, -0.15) is 5.26 Å². The maximum atomic E-state index is 9.05. The number of fused-ring (bicyclic) bond motifs is 1. The highest BCUT2D eigenvalue weighted by Crippen LogP contribution is 2.26. The fraction of sp³-hybridized carbons (Fsp3) is 0.250. The summed E-state index contributed by atoms with van der Waals surface area (Å²) in [6.45, 7) is 6.03. The zero-order chi connectivity index (χ0) is 10.3. The van der Waals surface area contributed by atoms with Crippen LogP contribution in [0.5, 0.6) is 0 Å². The number of nitrogens with zero attached hydrogens (tertiary/aromatic N) is 1. The van der Waals surface area contributed by atoms with Crippen LogP contribution in [0.2, 0.25) is 0 Å². The number of rotatable bonds is 0. The zero-order valence-electron chi connectivity index (χ0n) is 8.60. The number of hydrogen-bond acceptors (Lipinski definition) is 1. The van der Waals surface area contributed by atoms with Gasteiger partial charge in [-0.3, -0.25) is 0 Å². The lowest BCUT2D eigenvalue weighted by Gasteiger charge is -1.99. The molecule has 0 aliphatic carbocycles. The number of nitriles is 1. The number of aromatic amines is 1. The van der Waals surface area contributed by atoms with Crippen molar-refractivity contribution >= 4 is 10.9 Å². The number of aromatic nitrogens is 1. The van der Waals surface area contributed by atoms with Gasteiger partial charge in [0.15, 0.2) is 0 Å². The molecule has 0 bridgehead atoms. The van der Waals surface area contributed by atoms with E-state index in [1.807, 2.05) is 13.8 Å². The first-order valence-corrected chi connectivity index (χ1v) is 4.63. The predicted octanol–water partition coefficient (Wildman–Crippen LogP) is 2.96. The van der Waals surface area contributed by atoms with E-state index in [0.717, 1.165) is 27.7 Å². The quantitative estimate of drug-likeness (QED) is 0.671. The SMILES string of the molecule is Cc1[nH]c2c(C)ccc(C)c2c1C#N. The lowest BCUT2D eigenvalue weighted by Crippen LogP contribution is -1.81. The van der Waals surface area contributed by atoms with Crippen LogP contribution in [0.4, 0.5) is 0 Å². The normalized spacial score (nSPS) is 10.4. The molecule has 70 valence electrons. The second-order valence-corrected chi connectivity index (χ2v) is 3.69. The van der Waals surface area contributed by atoms with E-state index in [-0.39, 0.29) is 0 Å². The topological polar surface area (TPSA) is 39.6 Å². The lowest BCUT2D eigenvalue weighted by molar-refractivity contribution is 1.27. The molecule has 2 rings (SSSR count). The summed E-state index contributed by atoms with van der Waals surface area (Å²) in [5.41, 5.74) is 5.18. The summed E-state index contributed by atoms with van der Waals surface area (Å²) >= 11 is 0. The molecule has 14 heavy (non-hydrogen) atoms. The number of hydrogen-bond donors (Lipinski definition) is 1. The third kappa shape index (κ3) is 1.03. The molecule has 0 radical (unpaired) electrons. The van der Waals surface area contributed by atoms with E-state index < -0.39 is 0 Å². The summed E-state index contributed by atoms with van der Waals surface area (Å²) < 4.78 is 0. The van der Waals surface area contributed by atoms with Crippen LogP contribution in [-0.4, -0.2) is 4.98 Å². The van der Waals surface area contributed by atoms with Crippen LogP contribution in [0.1, 0.15) is 22.4 Å². The van der Waals surface area contributed by atoms with Crippen LogP contribution in [0.3, 0.4) is 0 Å². The van der Waals surface area contributed by atoms with Crippen molar-refractivity contribution in [3.63, 3.8) is 0 Å². The maximum absolute atomic E-state index is 9.05. The van der Waals surface area contributed by atoms with Crippen molar-refractivity contribution < 1.29 is 0 Å². The van der Waals surface area contributed by atoms with Gasteiger partial charge in [0.05, 0.1) is 11.1 Å². The molecule has 1 heterocycles. The number of aryl methyl sites for hydroxylation is 3. The fourth-order valence-corrected chi connectivity index (χ4v) is 1.87. The highest BCUT2D eigenvalue weighted by molar-refractivity contribution is 5.92. The minimum absolute atomic E-state index is 0.779. The lowest BCUT2D eigenvalue weighted by atomic mass is 10.0. The molecule has 0 amide bonds. The Morgan fingerprint density at radius 3 is 2.43 bits per heavy atom. The van der Waals surface area contributed by atoms with Gasteiger partial charge in [0.2, 0.25) is 0 Å². The number of benzene rings is 1. The van der Waals surface area contributed by atoms with Crippen molar-refractivity contribution in [3.05, 3.63) is 34.5 Å². The maximum Gasteiger partial charge on any atom is 0.102 e. The van der Waals surface area contributed by atoms with E-state index in [9.17, 15) is 0 Å². The van der Waals surface area contributed by atoms with Gasteiger partial charge in [0.25, 0.3) is 0 Å². The van der Waals surface area contributed by atoms with Crippen LogP contribution >= 0.6 is 0 Å². The Labute approximate surface area is 83.2 Å². The average molecular weight is 184 g/mol. The van der Waals surface area contributed by atoms with Gasteiger partial charge in [-0.15, -0.1) is 0 Å². The van der Waals surface area contributed by atoms with Crippen molar-refractivity contribution in [1.29, 1.82) is 5.26 Å². The molecule has 2 nitrogen and oxygen atoms in total. The van der Waals surface area contributed by atoms with Crippen molar-refractivity contribution in [2.24, 2.45) is 0 Å². The number of nitrogens with one attached hydrogen (secondary N) is 1. The molecule has 0 atom stereocenters. The van der Waals surface area contributed by atoms with Crippen LogP contribution in [0, 0.1) is 32.1 Å². The van der Waals surface area contributed by atoms with Crippen molar-refractivity contribution in [2.75, 3.05) is 0 Å². The average Bonchev–Trinajstić information content (AvgIpc) is 2.50. The zero-order valence-corrected chi connectivity index (χ0v) is 8.60. The molecular weight excluding hydrogens is 172 g/mol. The largest absolute Gasteiger partial charge is 0.357 e. The molecule has 0 fully saturated rings. The molecule has 0 spiro atoms. The minimum atomic E-state index is 0.779. The molecule has 0 saturated carbocycles. The Kier molecular flexibility index (Phi) is 1.82. The van der Waals surface area contributed by atoms with E-state index in [1.54, 1.807) is 0 Å². The molecule has 0 aliphatic heterocycles. The second kappa shape index (κ2) is 2.88. The second-order valence-electron chi connectivity index (χ2n) is 3.69. The van der Waals surface area contributed by atoms with Crippen molar-refractivity contribution in [2.45, 2.75) is 20.8 Å². The van der Waals surface area contributed by atoms with Gasteiger partial charge in [-0.1, -0.05) is 12.1 Å². The van der Waals surface area contributed by atoms with Crippen LogP contribution in [0.25, 0.3) is 10.9 Å². The molecule has 1 aromatic heterocycles. The molecule has 1 aromatic carbocycles. The standard InChI is InChI=1S/C12H12N2/c1-7-4-5-8(2)12-11(7)10(6-13)9(3)14-12/h4-5,14H,1-3H3. The third-order valence-corrected chi connectivity index (χ3v) is 2.67.